The number of anilines is 2. The Balaban J connectivity index is 0.000000630. The van der Waals surface area contributed by atoms with Crippen molar-refractivity contribution in [2.24, 2.45) is 5.92 Å². The number of piperidine rings is 1. The maximum atomic E-state index is 12.6. The van der Waals surface area contributed by atoms with Crippen molar-refractivity contribution < 1.29 is 4.79 Å². The van der Waals surface area contributed by atoms with Gasteiger partial charge in [-0.3, -0.25) is 4.79 Å². The van der Waals surface area contributed by atoms with Gasteiger partial charge in [0.15, 0.2) is 5.65 Å². The molecular weight excluding hydrogens is 404 g/mol. The molecule has 3 aromatic rings. The lowest BCUT2D eigenvalue weighted by atomic mass is 9.95. The van der Waals surface area contributed by atoms with E-state index in [4.69, 9.17) is 0 Å². The van der Waals surface area contributed by atoms with Gasteiger partial charge in [0, 0.05) is 46.5 Å². The molecule has 1 fully saturated rings. The Kier molecular flexibility index (Phi) is 9.91. The number of pyridine rings is 2. The molecule has 4 rings (SSSR count). The number of hydrogen-bond donors (Lipinski definition) is 1. The van der Waals surface area contributed by atoms with Crippen molar-refractivity contribution in [3.63, 3.8) is 0 Å². The first-order chi connectivity index (χ1) is 15.1. The molecule has 0 bridgehead atoms. The van der Waals surface area contributed by atoms with E-state index in [1.54, 1.807) is 23.6 Å². The molecule has 31 heavy (non-hydrogen) atoms. The summed E-state index contributed by atoms with van der Waals surface area (Å²) in [5, 5.41) is 6.07. The number of hydrogen-bond acceptors (Lipinski definition) is 5. The van der Waals surface area contributed by atoms with Gasteiger partial charge in [-0.25, -0.2) is 9.97 Å². The summed E-state index contributed by atoms with van der Waals surface area (Å²) in [7, 11) is 0. The highest BCUT2D eigenvalue weighted by Gasteiger charge is 2.25. The fraction of sp³-hybridized carbons (Fsp3) is 0.320. The van der Waals surface area contributed by atoms with E-state index in [9.17, 15) is 4.79 Å². The van der Waals surface area contributed by atoms with Crippen molar-refractivity contribution in [1.82, 2.24) is 9.97 Å². The number of carbonyl (C=O) groups is 1. The van der Waals surface area contributed by atoms with Gasteiger partial charge in [-0.05, 0) is 50.1 Å². The molecule has 0 aromatic carbocycles. The molecule has 3 aromatic heterocycles. The SMILES string of the molecule is C=CC.C=Cc1cc(N2CCC(C(=O)Nc3ccc4cccnc4n3)CC2)cs1.CC. The maximum Gasteiger partial charge on any atom is 0.228 e. The summed E-state index contributed by atoms with van der Waals surface area (Å²) in [5.74, 6) is 0.631. The van der Waals surface area contributed by atoms with Crippen LogP contribution < -0.4 is 10.2 Å². The van der Waals surface area contributed by atoms with Crippen molar-refractivity contribution in [2.45, 2.75) is 33.6 Å². The number of carbonyl (C=O) groups excluding carboxylic acids is 1. The zero-order chi connectivity index (χ0) is 22.6. The number of nitrogens with one attached hydrogen (secondary N) is 1. The average molecular weight is 437 g/mol. The third-order valence-electron chi connectivity index (χ3n) is 4.75. The van der Waals surface area contributed by atoms with Crippen molar-refractivity contribution in [2.75, 3.05) is 23.3 Å². The highest BCUT2D eigenvalue weighted by molar-refractivity contribution is 7.11. The molecule has 164 valence electrons. The van der Waals surface area contributed by atoms with Crippen molar-refractivity contribution in [1.29, 1.82) is 0 Å². The minimum atomic E-state index is 0.0185. The van der Waals surface area contributed by atoms with Crippen LogP contribution >= 0.6 is 11.3 Å². The lowest BCUT2D eigenvalue weighted by Crippen LogP contribution is -2.38. The van der Waals surface area contributed by atoms with E-state index in [-0.39, 0.29) is 11.8 Å². The molecule has 0 unspecified atom stereocenters. The lowest BCUT2D eigenvalue weighted by Gasteiger charge is -2.32. The van der Waals surface area contributed by atoms with Gasteiger partial charge in [-0.2, -0.15) is 0 Å². The number of aromatic nitrogens is 2. The molecule has 5 nitrogen and oxygen atoms in total. The number of fused-ring (bicyclic) bond motifs is 1. The normalized spacial score (nSPS) is 13.3. The third-order valence-corrected chi connectivity index (χ3v) is 5.67. The summed E-state index contributed by atoms with van der Waals surface area (Å²) >= 11 is 1.70. The molecule has 1 amide bonds. The average Bonchev–Trinajstić information content (AvgIpc) is 3.30. The second-order valence-electron chi connectivity index (χ2n) is 6.82. The van der Waals surface area contributed by atoms with Crippen LogP contribution in [0.3, 0.4) is 0 Å². The fourth-order valence-corrected chi connectivity index (χ4v) is 4.02. The Bertz CT molecular complexity index is 990. The standard InChI is InChI=1S/C20H20N4OS.C3H6.C2H6/c1-2-17-12-16(13-26-17)24-10-7-15(8-11-24)20(25)23-18-6-5-14-4-3-9-21-19(14)22-18;1-3-2;1-2/h2-6,9,12-13,15H,1,7-8,10-11H2,(H,21,22,23,25);3H,1H2,2H3;1-2H3. The summed E-state index contributed by atoms with van der Waals surface area (Å²) in [5.41, 5.74) is 1.88. The van der Waals surface area contributed by atoms with Crippen LogP contribution in [0.2, 0.25) is 0 Å². The molecule has 0 atom stereocenters. The second-order valence-corrected chi connectivity index (χ2v) is 7.76. The predicted molar refractivity (Wildman–Crippen MR) is 135 cm³/mol. The molecule has 0 saturated carbocycles. The summed E-state index contributed by atoms with van der Waals surface area (Å²) < 4.78 is 0. The van der Waals surface area contributed by atoms with Gasteiger partial charge in [0.2, 0.25) is 5.91 Å². The smallest absolute Gasteiger partial charge is 0.228 e. The van der Waals surface area contributed by atoms with E-state index < -0.39 is 0 Å². The summed E-state index contributed by atoms with van der Waals surface area (Å²) in [6.07, 6.45) is 7.02. The van der Waals surface area contributed by atoms with Crippen LogP contribution in [0.5, 0.6) is 0 Å². The molecule has 1 saturated heterocycles. The van der Waals surface area contributed by atoms with E-state index in [1.807, 2.05) is 51.1 Å². The van der Waals surface area contributed by atoms with E-state index in [2.05, 4.69) is 44.8 Å². The van der Waals surface area contributed by atoms with Crippen LogP contribution in [0.4, 0.5) is 11.5 Å². The number of amides is 1. The largest absolute Gasteiger partial charge is 0.371 e. The summed E-state index contributed by atoms with van der Waals surface area (Å²) in [4.78, 5) is 24.8. The number of nitrogens with zero attached hydrogens (tertiary/aromatic N) is 3. The first-order valence-corrected chi connectivity index (χ1v) is 11.6. The Morgan fingerprint density at radius 2 is 1.94 bits per heavy atom. The number of thiophene rings is 1. The van der Waals surface area contributed by atoms with Gasteiger partial charge in [0.1, 0.15) is 5.82 Å². The van der Waals surface area contributed by atoms with Crippen molar-refractivity contribution in [3.8, 4) is 0 Å². The van der Waals surface area contributed by atoms with Gasteiger partial charge in [-0.15, -0.1) is 17.9 Å². The molecule has 0 spiro atoms. The molecule has 4 heterocycles. The first-order valence-electron chi connectivity index (χ1n) is 10.7. The Hall–Kier alpha value is -2.99. The Morgan fingerprint density at radius 1 is 1.23 bits per heavy atom. The lowest BCUT2D eigenvalue weighted by molar-refractivity contribution is -0.120. The Morgan fingerprint density at radius 3 is 2.58 bits per heavy atom. The molecular formula is C25H32N4OS. The van der Waals surface area contributed by atoms with Gasteiger partial charge in [0.05, 0.1) is 0 Å². The van der Waals surface area contributed by atoms with E-state index >= 15 is 0 Å². The predicted octanol–water partition coefficient (Wildman–Crippen LogP) is 6.41. The quantitative estimate of drug-likeness (QED) is 0.480. The third kappa shape index (κ3) is 6.76. The van der Waals surface area contributed by atoms with E-state index in [0.29, 0.717) is 11.5 Å². The highest BCUT2D eigenvalue weighted by atomic mass is 32.1. The monoisotopic (exact) mass is 436 g/mol. The minimum Gasteiger partial charge on any atom is -0.371 e. The topological polar surface area (TPSA) is 58.1 Å². The van der Waals surface area contributed by atoms with Gasteiger partial charge in [0.25, 0.3) is 0 Å². The van der Waals surface area contributed by atoms with Crippen molar-refractivity contribution >= 4 is 45.9 Å². The van der Waals surface area contributed by atoms with Gasteiger partial charge >= 0.3 is 0 Å². The van der Waals surface area contributed by atoms with Crippen LogP contribution in [0.1, 0.15) is 38.5 Å². The van der Waals surface area contributed by atoms with Crippen LogP contribution in [-0.2, 0) is 4.79 Å². The summed E-state index contributed by atoms with van der Waals surface area (Å²) in [6.45, 7) is 14.8. The maximum absolute atomic E-state index is 12.6. The molecule has 0 radical (unpaired) electrons. The highest BCUT2D eigenvalue weighted by Crippen LogP contribution is 2.28. The van der Waals surface area contributed by atoms with Gasteiger partial charge in [-0.1, -0.05) is 32.6 Å². The van der Waals surface area contributed by atoms with Crippen LogP contribution in [0.25, 0.3) is 17.1 Å². The first kappa shape index (κ1) is 24.3. The minimum absolute atomic E-state index is 0.0185. The second kappa shape index (κ2) is 12.6. The number of allylic oxidation sites excluding steroid dienone is 1. The molecule has 0 aliphatic carbocycles. The van der Waals surface area contributed by atoms with Gasteiger partial charge < -0.3 is 10.2 Å². The zero-order valence-electron chi connectivity index (χ0n) is 18.7. The summed E-state index contributed by atoms with van der Waals surface area (Å²) in [6, 6.07) is 9.75. The molecule has 6 heteroatoms. The molecule has 1 aliphatic heterocycles. The molecule has 1 N–H and O–H groups in total. The van der Waals surface area contributed by atoms with Crippen LogP contribution in [0.15, 0.2) is 61.1 Å². The zero-order valence-corrected chi connectivity index (χ0v) is 19.5. The molecule has 1 aliphatic rings. The van der Waals surface area contributed by atoms with E-state index in [1.165, 1.54) is 10.6 Å². The Labute approximate surface area is 189 Å². The van der Waals surface area contributed by atoms with Crippen molar-refractivity contribution in [3.05, 3.63) is 66.0 Å². The van der Waals surface area contributed by atoms with Crippen LogP contribution in [0, 0.1) is 5.92 Å². The fourth-order valence-electron chi connectivity index (χ4n) is 3.27. The van der Waals surface area contributed by atoms with Crippen LogP contribution in [-0.4, -0.2) is 29.0 Å². The van der Waals surface area contributed by atoms with E-state index in [0.717, 1.165) is 31.3 Å². The number of rotatable bonds is 4.